The van der Waals surface area contributed by atoms with E-state index in [9.17, 15) is 9.59 Å². The lowest BCUT2D eigenvalue weighted by Crippen LogP contribution is -2.43. The SMILES string of the molecule is N#Cc1ccccc1OCC(=O)NNC(=O)c1ccc(Cl)nc1. The Morgan fingerprint density at radius 2 is 2.00 bits per heavy atom. The first kappa shape index (κ1) is 16.3. The Kier molecular flexibility index (Phi) is 5.50. The van der Waals surface area contributed by atoms with E-state index in [0.717, 1.165) is 0 Å². The van der Waals surface area contributed by atoms with Crippen molar-refractivity contribution in [2.75, 3.05) is 6.61 Å². The quantitative estimate of drug-likeness (QED) is 0.652. The highest BCUT2D eigenvalue weighted by Crippen LogP contribution is 2.16. The molecule has 8 heteroatoms. The molecule has 1 heterocycles. The molecule has 0 atom stereocenters. The zero-order valence-electron chi connectivity index (χ0n) is 11.7. The van der Waals surface area contributed by atoms with Gasteiger partial charge in [0.25, 0.3) is 11.8 Å². The topological polar surface area (TPSA) is 104 Å². The number of hydrazine groups is 1. The number of para-hydroxylation sites is 1. The highest BCUT2D eigenvalue weighted by molar-refractivity contribution is 6.29. The molecular weight excluding hydrogens is 320 g/mol. The largest absolute Gasteiger partial charge is 0.482 e. The van der Waals surface area contributed by atoms with E-state index in [0.29, 0.717) is 11.3 Å². The fraction of sp³-hybridized carbons (Fsp3) is 0.0667. The van der Waals surface area contributed by atoms with Crippen LogP contribution >= 0.6 is 11.6 Å². The number of pyridine rings is 1. The van der Waals surface area contributed by atoms with E-state index in [1.807, 2.05) is 6.07 Å². The zero-order valence-corrected chi connectivity index (χ0v) is 12.5. The lowest BCUT2D eigenvalue weighted by Gasteiger charge is -2.09. The van der Waals surface area contributed by atoms with Crippen molar-refractivity contribution < 1.29 is 14.3 Å². The van der Waals surface area contributed by atoms with Crippen LogP contribution in [0.15, 0.2) is 42.6 Å². The van der Waals surface area contributed by atoms with Gasteiger partial charge >= 0.3 is 0 Å². The summed E-state index contributed by atoms with van der Waals surface area (Å²) in [5.41, 5.74) is 4.97. The van der Waals surface area contributed by atoms with E-state index in [1.165, 1.54) is 18.3 Å². The summed E-state index contributed by atoms with van der Waals surface area (Å²) in [7, 11) is 0. The summed E-state index contributed by atoms with van der Waals surface area (Å²) in [6.45, 7) is -0.349. The number of amides is 2. The van der Waals surface area contributed by atoms with Crippen LogP contribution < -0.4 is 15.6 Å². The highest BCUT2D eigenvalue weighted by Gasteiger charge is 2.09. The Morgan fingerprint density at radius 3 is 2.70 bits per heavy atom. The minimum atomic E-state index is -0.576. The van der Waals surface area contributed by atoms with Gasteiger partial charge < -0.3 is 4.74 Å². The predicted octanol–water partition coefficient (Wildman–Crippen LogP) is 1.45. The van der Waals surface area contributed by atoms with E-state index in [2.05, 4.69) is 15.8 Å². The number of ether oxygens (including phenoxy) is 1. The van der Waals surface area contributed by atoms with Crippen molar-refractivity contribution in [1.82, 2.24) is 15.8 Å². The molecule has 2 rings (SSSR count). The maximum absolute atomic E-state index is 11.7. The molecule has 2 N–H and O–H groups in total. The first-order chi connectivity index (χ1) is 11.1. The minimum Gasteiger partial charge on any atom is -0.482 e. The molecule has 0 aliphatic heterocycles. The van der Waals surface area contributed by atoms with Gasteiger partial charge in [-0.25, -0.2) is 4.98 Å². The molecule has 0 bridgehead atoms. The number of halogens is 1. The first-order valence-electron chi connectivity index (χ1n) is 6.43. The maximum Gasteiger partial charge on any atom is 0.276 e. The van der Waals surface area contributed by atoms with Gasteiger partial charge in [-0.2, -0.15) is 5.26 Å². The van der Waals surface area contributed by atoms with Gasteiger partial charge in [0.15, 0.2) is 6.61 Å². The van der Waals surface area contributed by atoms with Crippen LogP contribution in [-0.4, -0.2) is 23.4 Å². The molecule has 2 amide bonds. The number of hydrogen-bond donors (Lipinski definition) is 2. The van der Waals surface area contributed by atoms with Crippen LogP contribution in [0.4, 0.5) is 0 Å². The minimum absolute atomic E-state index is 0.241. The second-order valence-electron chi connectivity index (χ2n) is 4.27. The average molecular weight is 331 g/mol. The monoisotopic (exact) mass is 330 g/mol. The predicted molar refractivity (Wildman–Crippen MR) is 81.5 cm³/mol. The third kappa shape index (κ3) is 4.69. The second-order valence-corrected chi connectivity index (χ2v) is 4.66. The molecule has 0 saturated carbocycles. The lowest BCUT2D eigenvalue weighted by atomic mass is 10.2. The smallest absolute Gasteiger partial charge is 0.276 e. The standard InChI is InChI=1S/C15H11ClN4O3/c16-13-6-5-11(8-18-13)15(22)20-19-14(21)9-23-12-4-2-1-3-10(12)7-17/h1-6,8H,9H2,(H,19,21)(H,20,22). The van der Waals surface area contributed by atoms with Gasteiger partial charge in [-0.05, 0) is 24.3 Å². The number of nitriles is 1. The van der Waals surface area contributed by atoms with Crippen molar-refractivity contribution >= 4 is 23.4 Å². The van der Waals surface area contributed by atoms with Crippen molar-refractivity contribution in [2.24, 2.45) is 0 Å². The maximum atomic E-state index is 11.7. The molecule has 0 aliphatic carbocycles. The summed E-state index contributed by atoms with van der Waals surface area (Å²) in [6, 6.07) is 11.4. The van der Waals surface area contributed by atoms with Gasteiger partial charge in [0.2, 0.25) is 0 Å². The Morgan fingerprint density at radius 1 is 1.22 bits per heavy atom. The van der Waals surface area contributed by atoms with Gasteiger partial charge in [-0.3, -0.25) is 20.4 Å². The van der Waals surface area contributed by atoms with E-state index >= 15 is 0 Å². The van der Waals surface area contributed by atoms with Crippen LogP contribution in [0.5, 0.6) is 5.75 Å². The van der Waals surface area contributed by atoms with Crippen molar-refractivity contribution in [2.45, 2.75) is 0 Å². The van der Waals surface area contributed by atoms with Crippen LogP contribution in [0.1, 0.15) is 15.9 Å². The Hall–Kier alpha value is -3.11. The number of rotatable bonds is 4. The normalized spacial score (nSPS) is 9.57. The third-order valence-corrected chi connectivity index (χ3v) is 2.89. The molecule has 2 aromatic rings. The highest BCUT2D eigenvalue weighted by atomic mass is 35.5. The van der Waals surface area contributed by atoms with Crippen molar-refractivity contribution in [3.8, 4) is 11.8 Å². The summed E-state index contributed by atoms with van der Waals surface area (Å²) < 4.78 is 5.23. The van der Waals surface area contributed by atoms with Gasteiger partial charge in [-0.15, -0.1) is 0 Å². The van der Waals surface area contributed by atoms with E-state index in [1.54, 1.807) is 24.3 Å². The Bertz CT molecular complexity index is 756. The Labute approximate surface area is 136 Å². The number of benzene rings is 1. The van der Waals surface area contributed by atoms with Gasteiger partial charge in [-0.1, -0.05) is 23.7 Å². The summed E-state index contributed by atoms with van der Waals surface area (Å²) in [4.78, 5) is 27.1. The molecule has 116 valence electrons. The van der Waals surface area contributed by atoms with Crippen LogP contribution in [0, 0.1) is 11.3 Å². The second kappa shape index (κ2) is 7.77. The van der Waals surface area contributed by atoms with Gasteiger partial charge in [0.05, 0.1) is 11.1 Å². The van der Waals surface area contributed by atoms with Crippen LogP contribution in [0.2, 0.25) is 5.15 Å². The molecule has 0 aliphatic rings. The van der Waals surface area contributed by atoms with Gasteiger partial charge in [0, 0.05) is 6.20 Å². The molecule has 0 fully saturated rings. The first-order valence-corrected chi connectivity index (χ1v) is 6.80. The summed E-state index contributed by atoms with van der Waals surface area (Å²) >= 11 is 5.62. The molecular formula is C15H11ClN4O3. The van der Waals surface area contributed by atoms with Crippen LogP contribution in [0.25, 0.3) is 0 Å². The number of nitrogens with one attached hydrogen (secondary N) is 2. The summed E-state index contributed by atoms with van der Waals surface area (Å²) in [5, 5.41) is 9.16. The number of carbonyl (C=O) groups excluding carboxylic acids is 2. The molecule has 0 spiro atoms. The van der Waals surface area contributed by atoms with Crippen LogP contribution in [-0.2, 0) is 4.79 Å². The molecule has 1 aromatic heterocycles. The van der Waals surface area contributed by atoms with Crippen LogP contribution in [0.3, 0.4) is 0 Å². The molecule has 0 unspecified atom stereocenters. The Balaban J connectivity index is 1.82. The fourth-order valence-corrected chi connectivity index (χ4v) is 1.68. The number of carbonyl (C=O) groups is 2. The van der Waals surface area contributed by atoms with Crippen molar-refractivity contribution in [1.29, 1.82) is 5.26 Å². The summed E-state index contributed by atoms with van der Waals surface area (Å²) in [6.07, 6.45) is 1.28. The number of hydrogen-bond acceptors (Lipinski definition) is 5. The molecule has 1 aromatic carbocycles. The molecule has 7 nitrogen and oxygen atoms in total. The average Bonchev–Trinajstić information content (AvgIpc) is 2.58. The van der Waals surface area contributed by atoms with Crippen molar-refractivity contribution in [3.05, 3.63) is 58.9 Å². The molecule has 0 radical (unpaired) electrons. The van der Waals surface area contributed by atoms with Gasteiger partial charge in [0.1, 0.15) is 17.0 Å². The number of nitrogens with zero attached hydrogens (tertiary/aromatic N) is 2. The number of aromatic nitrogens is 1. The van der Waals surface area contributed by atoms with E-state index in [-0.39, 0.29) is 17.3 Å². The molecule has 23 heavy (non-hydrogen) atoms. The fourth-order valence-electron chi connectivity index (χ4n) is 1.57. The molecule has 0 saturated heterocycles. The van der Waals surface area contributed by atoms with E-state index in [4.69, 9.17) is 21.6 Å². The van der Waals surface area contributed by atoms with Crippen molar-refractivity contribution in [3.63, 3.8) is 0 Å². The summed E-state index contributed by atoms with van der Waals surface area (Å²) in [5.74, 6) is -0.827. The van der Waals surface area contributed by atoms with E-state index < -0.39 is 11.8 Å². The lowest BCUT2D eigenvalue weighted by molar-refractivity contribution is -0.123. The zero-order chi connectivity index (χ0) is 16.7. The third-order valence-electron chi connectivity index (χ3n) is 2.67.